The molecule has 2 amide bonds. The smallest absolute Gasteiger partial charge is 0.242 e. The van der Waals surface area contributed by atoms with Gasteiger partial charge in [-0.1, -0.05) is 19.4 Å². The van der Waals surface area contributed by atoms with Crippen LogP contribution in [0.5, 0.6) is 11.5 Å². The first-order valence-corrected chi connectivity index (χ1v) is 10.9. The Hall–Kier alpha value is -2.96. The fourth-order valence-electron chi connectivity index (χ4n) is 3.53. The normalized spacial score (nSPS) is 12.3. The molecule has 2 aromatic rings. The Bertz CT molecular complexity index is 905. The van der Waals surface area contributed by atoms with Gasteiger partial charge in [0.1, 0.15) is 11.5 Å². The monoisotopic (exact) mass is 428 g/mol. The highest BCUT2D eigenvalue weighted by Gasteiger charge is 2.24. The molecule has 3 rings (SSSR count). The lowest BCUT2D eigenvalue weighted by atomic mass is 10.1. The average molecular weight is 429 g/mol. The van der Waals surface area contributed by atoms with E-state index in [9.17, 15) is 9.59 Å². The summed E-state index contributed by atoms with van der Waals surface area (Å²) in [5, 5.41) is 0. The van der Waals surface area contributed by atoms with E-state index in [1.165, 1.54) is 0 Å². The van der Waals surface area contributed by atoms with Crippen LogP contribution in [0.3, 0.4) is 0 Å². The van der Waals surface area contributed by atoms with Crippen molar-refractivity contribution in [1.82, 2.24) is 9.80 Å². The number of carbonyl (C=O) groups excluding carboxylic acids is 2. The predicted molar refractivity (Wildman–Crippen MR) is 117 cm³/mol. The molecule has 0 spiro atoms. The summed E-state index contributed by atoms with van der Waals surface area (Å²) in [5.41, 5.74) is 0.925. The summed E-state index contributed by atoms with van der Waals surface area (Å²) >= 11 is 0. The number of carbonyl (C=O) groups is 2. The minimum absolute atomic E-state index is 0.0158. The summed E-state index contributed by atoms with van der Waals surface area (Å²) in [6.45, 7) is 8.77. The van der Waals surface area contributed by atoms with Crippen LogP contribution in [0, 0.1) is 6.92 Å². The second kappa shape index (κ2) is 10.4. The van der Waals surface area contributed by atoms with Crippen LogP contribution in [0.4, 0.5) is 0 Å². The van der Waals surface area contributed by atoms with Crippen molar-refractivity contribution in [2.24, 2.45) is 0 Å². The summed E-state index contributed by atoms with van der Waals surface area (Å²) in [7, 11) is 0. The second-order valence-corrected chi connectivity index (χ2v) is 8.17. The van der Waals surface area contributed by atoms with E-state index in [1.807, 2.05) is 51.1 Å². The van der Waals surface area contributed by atoms with Crippen molar-refractivity contribution in [3.63, 3.8) is 0 Å². The maximum absolute atomic E-state index is 13.3. The van der Waals surface area contributed by atoms with Crippen LogP contribution >= 0.6 is 0 Å². The van der Waals surface area contributed by atoms with Crippen LogP contribution in [0.2, 0.25) is 0 Å². The third-order valence-electron chi connectivity index (χ3n) is 5.30. The molecule has 31 heavy (non-hydrogen) atoms. The maximum Gasteiger partial charge on any atom is 0.242 e. The molecule has 0 unspecified atom stereocenters. The molecular formula is C24H32N2O5. The van der Waals surface area contributed by atoms with Gasteiger partial charge in [0.25, 0.3) is 0 Å². The molecule has 0 radical (unpaired) electrons. The molecule has 0 atom stereocenters. The molecule has 0 aliphatic carbocycles. The van der Waals surface area contributed by atoms with Crippen LogP contribution in [-0.2, 0) is 22.7 Å². The molecule has 0 N–H and O–H groups in total. The van der Waals surface area contributed by atoms with E-state index in [0.717, 1.165) is 24.2 Å². The zero-order valence-electron chi connectivity index (χ0n) is 18.8. The number of aryl methyl sites for hydroxylation is 1. The SMILES string of the molecule is CCCCC(=O)N(CC(=O)N(Cc1ccc2c(c1)OCO2)Cc1ccc(C)o1)C(C)C. The van der Waals surface area contributed by atoms with Gasteiger partial charge in [-0.25, -0.2) is 0 Å². The molecule has 0 bridgehead atoms. The van der Waals surface area contributed by atoms with Crippen LogP contribution < -0.4 is 9.47 Å². The van der Waals surface area contributed by atoms with E-state index in [0.29, 0.717) is 36.8 Å². The Kier molecular flexibility index (Phi) is 7.60. The van der Waals surface area contributed by atoms with Gasteiger partial charge in [-0.05, 0) is 57.0 Å². The van der Waals surface area contributed by atoms with Crippen molar-refractivity contribution >= 4 is 11.8 Å². The molecule has 0 fully saturated rings. The Morgan fingerprint density at radius 3 is 2.48 bits per heavy atom. The molecule has 2 heterocycles. The third kappa shape index (κ3) is 6.03. The van der Waals surface area contributed by atoms with Gasteiger partial charge in [-0.2, -0.15) is 0 Å². The fourth-order valence-corrected chi connectivity index (χ4v) is 3.53. The molecule has 1 aliphatic heterocycles. The van der Waals surface area contributed by atoms with Crippen LogP contribution in [-0.4, -0.2) is 41.0 Å². The highest BCUT2D eigenvalue weighted by molar-refractivity contribution is 5.85. The largest absolute Gasteiger partial charge is 0.464 e. The zero-order valence-corrected chi connectivity index (χ0v) is 18.8. The summed E-state index contributed by atoms with van der Waals surface area (Å²) in [6.07, 6.45) is 2.23. The number of amides is 2. The van der Waals surface area contributed by atoms with E-state index in [-0.39, 0.29) is 31.2 Å². The molecular weight excluding hydrogens is 396 g/mol. The first-order chi connectivity index (χ1) is 14.9. The first kappa shape index (κ1) is 22.7. The van der Waals surface area contributed by atoms with Gasteiger partial charge in [0.05, 0.1) is 13.1 Å². The van der Waals surface area contributed by atoms with Crippen LogP contribution in [0.15, 0.2) is 34.7 Å². The Morgan fingerprint density at radius 2 is 1.81 bits per heavy atom. The third-order valence-corrected chi connectivity index (χ3v) is 5.30. The lowest BCUT2D eigenvalue weighted by Crippen LogP contribution is -2.45. The second-order valence-electron chi connectivity index (χ2n) is 8.17. The van der Waals surface area contributed by atoms with Crippen molar-refractivity contribution in [3.8, 4) is 11.5 Å². The van der Waals surface area contributed by atoms with Crippen molar-refractivity contribution in [3.05, 3.63) is 47.4 Å². The highest BCUT2D eigenvalue weighted by Crippen LogP contribution is 2.33. The van der Waals surface area contributed by atoms with Gasteiger partial charge in [-0.15, -0.1) is 0 Å². The van der Waals surface area contributed by atoms with Gasteiger partial charge in [-0.3, -0.25) is 9.59 Å². The number of rotatable bonds is 10. The molecule has 0 saturated heterocycles. The molecule has 0 saturated carbocycles. The van der Waals surface area contributed by atoms with Crippen molar-refractivity contribution in [2.75, 3.05) is 13.3 Å². The zero-order chi connectivity index (χ0) is 22.4. The quantitative estimate of drug-likeness (QED) is 0.565. The highest BCUT2D eigenvalue weighted by atomic mass is 16.7. The minimum Gasteiger partial charge on any atom is -0.464 e. The van der Waals surface area contributed by atoms with E-state index in [1.54, 1.807) is 9.80 Å². The number of benzene rings is 1. The molecule has 7 nitrogen and oxygen atoms in total. The fraction of sp³-hybridized carbons (Fsp3) is 0.500. The molecule has 1 aliphatic rings. The standard InChI is InChI=1S/C24H32N2O5/c1-5-6-7-23(27)26(17(2)3)15-24(28)25(14-20-10-8-18(4)31-20)13-19-9-11-21-22(12-19)30-16-29-21/h8-12,17H,5-7,13-16H2,1-4H3. The summed E-state index contributed by atoms with van der Waals surface area (Å²) in [5.74, 6) is 2.78. The Balaban J connectivity index is 1.77. The van der Waals surface area contributed by atoms with E-state index >= 15 is 0 Å². The lowest BCUT2D eigenvalue weighted by Gasteiger charge is -2.30. The summed E-state index contributed by atoms with van der Waals surface area (Å²) < 4.78 is 16.6. The topological polar surface area (TPSA) is 72.2 Å². The van der Waals surface area contributed by atoms with Gasteiger partial charge < -0.3 is 23.7 Å². The number of furan rings is 1. The summed E-state index contributed by atoms with van der Waals surface area (Å²) in [4.78, 5) is 29.4. The average Bonchev–Trinajstić information content (AvgIpc) is 3.37. The molecule has 1 aromatic carbocycles. The number of hydrogen-bond acceptors (Lipinski definition) is 5. The Labute approximate surface area is 183 Å². The van der Waals surface area contributed by atoms with Gasteiger partial charge in [0.15, 0.2) is 11.5 Å². The summed E-state index contributed by atoms with van der Waals surface area (Å²) in [6, 6.07) is 9.38. The molecule has 168 valence electrons. The van der Waals surface area contributed by atoms with Crippen LogP contribution in [0.1, 0.15) is 57.1 Å². The number of nitrogens with zero attached hydrogens (tertiary/aromatic N) is 2. The minimum atomic E-state index is -0.120. The molecule has 1 aromatic heterocycles. The number of unbranched alkanes of at least 4 members (excludes halogenated alkanes) is 1. The van der Waals surface area contributed by atoms with Gasteiger partial charge in [0.2, 0.25) is 18.6 Å². The number of ether oxygens (including phenoxy) is 2. The van der Waals surface area contributed by atoms with Crippen molar-refractivity contribution < 1.29 is 23.5 Å². The first-order valence-electron chi connectivity index (χ1n) is 10.9. The molecule has 7 heteroatoms. The van der Waals surface area contributed by atoms with E-state index < -0.39 is 0 Å². The Morgan fingerprint density at radius 1 is 1.03 bits per heavy atom. The van der Waals surface area contributed by atoms with E-state index in [2.05, 4.69) is 6.92 Å². The van der Waals surface area contributed by atoms with Crippen molar-refractivity contribution in [1.29, 1.82) is 0 Å². The lowest BCUT2D eigenvalue weighted by molar-refractivity contribution is -0.142. The number of fused-ring (bicyclic) bond motifs is 1. The number of hydrogen-bond donors (Lipinski definition) is 0. The van der Waals surface area contributed by atoms with Crippen LogP contribution in [0.25, 0.3) is 0 Å². The predicted octanol–water partition coefficient (Wildman–Crippen LogP) is 4.27. The van der Waals surface area contributed by atoms with E-state index in [4.69, 9.17) is 13.9 Å². The van der Waals surface area contributed by atoms with Gasteiger partial charge in [0, 0.05) is 19.0 Å². The van der Waals surface area contributed by atoms with Crippen molar-refractivity contribution in [2.45, 2.75) is 66.1 Å². The maximum atomic E-state index is 13.3. The van der Waals surface area contributed by atoms with Gasteiger partial charge >= 0.3 is 0 Å².